The fraction of sp³-hybridized carbons (Fsp3) is 0.714. The predicted molar refractivity (Wildman–Crippen MR) is 43.8 cm³/mol. The van der Waals surface area contributed by atoms with Gasteiger partial charge in [-0.1, -0.05) is 13.8 Å². The Bertz CT molecular complexity index is 134. The number of ketones is 1. The van der Waals surface area contributed by atoms with Crippen LogP contribution in [0.3, 0.4) is 0 Å². The maximum atomic E-state index is 10.3. The second kappa shape index (κ2) is 7.21. The first kappa shape index (κ1) is 12.7. The van der Waals surface area contributed by atoms with Gasteiger partial charge in [-0.3, -0.25) is 9.59 Å². The lowest BCUT2D eigenvalue weighted by molar-refractivity contribution is -0.123. The summed E-state index contributed by atoms with van der Waals surface area (Å²) in [6.45, 7) is 5.33. The Labute approximate surface area is 66.9 Å². The molecular weight excluding hydrogens is 144 g/mol. The van der Waals surface area contributed by atoms with Crippen LogP contribution in [0.2, 0.25) is 0 Å². The molecule has 0 spiro atoms. The van der Waals surface area contributed by atoms with Gasteiger partial charge in [-0.15, -0.1) is 0 Å². The van der Waals surface area contributed by atoms with Crippen LogP contribution in [0.1, 0.15) is 27.2 Å². The molecule has 11 heavy (non-hydrogen) atoms. The van der Waals surface area contributed by atoms with Crippen LogP contribution in [0.4, 0.5) is 0 Å². The summed E-state index contributed by atoms with van der Waals surface area (Å²) < 4.78 is 0. The lowest BCUT2D eigenvalue weighted by atomic mass is 10.1. The molecule has 0 saturated carbocycles. The molecular formula is C7H16N2O2. The van der Waals surface area contributed by atoms with Gasteiger partial charge in [-0.25, -0.2) is 0 Å². The zero-order valence-electron chi connectivity index (χ0n) is 7.26. The topological polar surface area (TPSA) is 86.2 Å². The summed E-state index contributed by atoms with van der Waals surface area (Å²) in [6.07, 6.45) is -0.0602. The normalized spacial score (nSPS) is 10.9. The van der Waals surface area contributed by atoms with Crippen LogP contribution in [-0.2, 0) is 9.59 Å². The molecule has 0 saturated heterocycles. The van der Waals surface area contributed by atoms with Crippen LogP contribution < -0.4 is 11.5 Å². The minimum Gasteiger partial charge on any atom is -0.370 e. The van der Waals surface area contributed by atoms with Crippen LogP contribution in [0.5, 0.6) is 0 Å². The van der Waals surface area contributed by atoms with E-state index >= 15 is 0 Å². The Kier molecular flexibility index (Phi) is 8.36. The summed E-state index contributed by atoms with van der Waals surface area (Å²) in [4.78, 5) is 20.5. The SMILES string of the molecule is CC.CC(=O)[C@@H](N)CC(N)=O. The van der Waals surface area contributed by atoms with Crippen molar-refractivity contribution in [3.05, 3.63) is 0 Å². The van der Waals surface area contributed by atoms with E-state index in [2.05, 4.69) is 0 Å². The van der Waals surface area contributed by atoms with Crippen LogP contribution in [-0.4, -0.2) is 17.7 Å². The van der Waals surface area contributed by atoms with Gasteiger partial charge in [0.15, 0.2) is 0 Å². The molecule has 4 N–H and O–H groups in total. The minimum atomic E-state index is -0.720. The predicted octanol–water partition coefficient (Wildman–Crippen LogP) is -0.196. The maximum absolute atomic E-state index is 10.3. The molecule has 0 aromatic heterocycles. The van der Waals surface area contributed by atoms with E-state index < -0.39 is 11.9 Å². The third kappa shape index (κ3) is 9.10. The molecule has 0 bridgehead atoms. The molecule has 1 atom stereocenters. The lowest BCUT2D eigenvalue weighted by Crippen LogP contribution is -2.33. The summed E-state index contributed by atoms with van der Waals surface area (Å²) in [7, 11) is 0. The zero-order chi connectivity index (χ0) is 9.44. The Balaban J connectivity index is 0. The third-order valence-electron chi connectivity index (χ3n) is 0.943. The summed E-state index contributed by atoms with van der Waals surface area (Å²) in [5.41, 5.74) is 9.93. The highest BCUT2D eigenvalue weighted by Gasteiger charge is 2.09. The van der Waals surface area contributed by atoms with Gasteiger partial charge in [0.25, 0.3) is 0 Å². The summed E-state index contributed by atoms with van der Waals surface area (Å²) >= 11 is 0. The molecule has 0 rings (SSSR count). The summed E-state index contributed by atoms with van der Waals surface area (Å²) in [5.74, 6) is -0.758. The Morgan fingerprint density at radius 3 is 1.82 bits per heavy atom. The Hall–Kier alpha value is -0.900. The number of Topliss-reactive ketones (excluding diaryl/α,β-unsaturated/α-hetero) is 1. The lowest BCUT2D eigenvalue weighted by Gasteiger charge is -2.01. The van der Waals surface area contributed by atoms with Crippen LogP contribution >= 0.6 is 0 Å². The average Bonchev–Trinajstić information content (AvgIpc) is 1.90. The van der Waals surface area contributed by atoms with Crippen LogP contribution in [0.15, 0.2) is 0 Å². The fourth-order valence-corrected chi connectivity index (χ4v) is 0.360. The molecule has 66 valence electrons. The molecule has 0 heterocycles. The second-order valence-corrected chi connectivity index (χ2v) is 1.89. The molecule has 0 aliphatic carbocycles. The number of hydrogen-bond donors (Lipinski definition) is 2. The van der Waals surface area contributed by atoms with E-state index in [9.17, 15) is 9.59 Å². The first-order valence-corrected chi connectivity index (χ1v) is 3.58. The van der Waals surface area contributed by atoms with E-state index in [4.69, 9.17) is 11.5 Å². The smallest absolute Gasteiger partial charge is 0.219 e. The second-order valence-electron chi connectivity index (χ2n) is 1.89. The van der Waals surface area contributed by atoms with Crippen molar-refractivity contribution >= 4 is 11.7 Å². The minimum absolute atomic E-state index is 0.0602. The van der Waals surface area contributed by atoms with Crippen molar-refractivity contribution in [2.75, 3.05) is 0 Å². The van der Waals surface area contributed by atoms with Crippen LogP contribution in [0, 0.1) is 0 Å². The van der Waals surface area contributed by atoms with Gasteiger partial charge in [0.1, 0.15) is 5.78 Å². The number of primary amides is 1. The molecule has 0 fully saturated rings. The van der Waals surface area contributed by atoms with Crippen LogP contribution in [0.25, 0.3) is 0 Å². The molecule has 0 aromatic rings. The number of nitrogens with two attached hydrogens (primary N) is 2. The van der Waals surface area contributed by atoms with Crippen molar-refractivity contribution in [3.63, 3.8) is 0 Å². The van der Waals surface area contributed by atoms with Crippen molar-refractivity contribution in [1.82, 2.24) is 0 Å². The van der Waals surface area contributed by atoms with E-state index in [0.29, 0.717) is 0 Å². The van der Waals surface area contributed by atoms with Crippen molar-refractivity contribution in [2.24, 2.45) is 11.5 Å². The number of amides is 1. The maximum Gasteiger partial charge on any atom is 0.219 e. The van der Waals surface area contributed by atoms with Gasteiger partial charge in [0, 0.05) is 6.42 Å². The van der Waals surface area contributed by atoms with Gasteiger partial charge in [0.05, 0.1) is 6.04 Å². The third-order valence-corrected chi connectivity index (χ3v) is 0.943. The van der Waals surface area contributed by atoms with Crippen molar-refractivity contribution in [2.45, 2.75) is 33.2 Å². The standard InChI is InChI=1S/C5H10N2O2.C2H6/c1-3(8)4(6)2-5(7)9;1-2/h4H,2,6H2,1H3,(H2,7,9);1-2H3/t4-;/m0./s1. The highest BCUT2D eigenvalue weighted by molar-refractivity contribution is 5.87. The first-order chi connectivity index (χ1) is 5.04. The van der Waals surface area contributed by atoms with Gasteiger partial charge < -0.3 is 11.5 Å². The Morgan fingerprint density at radius 1 is 1.36 bits per heavy atom. The molecule has 0 unspecified atom stereocenters. The number of hydrogen-bond acceptors (Lipinski definition) is 3. The first-order valence-electron chi connectivity index (χ1n) is 3.58. The van der Waals surface area contributed by atoms with Crippen molar-refractivity contribution in [1.29, 1.82) is 0 Å². The van der Waals surface area contributed by atoms with E-state index in [1.165, 1.54) is 6.92 Å². The molecule has 0 aliphatic heterocycles. The van der Waals surface area contributed by atoms with Gasteiger partial charge in [-0.05, 0) is 6.92 Å². The quantitative estimate of drug-likeness (QED) is 0.599. The summed E-state index contributed by atoms with van der Waals surface area (Å²) in [6, 6.07) is -0.720. The van der Waals surface area contributed by atoms with Crippen molar-refractivity contribution in [3.8, 4) is 0 Å². The van der Waals surface area contributed by atoms with Crippen molar-refractivity contribution < 1.29 is 9.59 Å². The van der Waals surface area contributed by atoms with E-state index in [1.54, 1.807) is 0 Å². The number of carbonyl (C=O) groups excluding carboxylic acids is 2. The van der Waals surface area contributed by atoms with E-state index in [0.717, 1.165) is 0 Å². The summed E-state index contributed by atoms with van der Waals surface area (Å²) in [5, 5.41) is 0. The molecule has 0 aromatic carbocycles. The molecule has 4 heteroatoms. The number of carbonyl (C=O) groups is 2. The average molecular weight is 160 g/mol. The highest BCUT2D eigenvalue weighted by Crippen LogP contribution is 1.86. The van der Waals surface area contributed by atoms with Gasteiger partial charge in [0.2, 0.25) is 5.91 Å². The monoisotopic (exact) mass is 160 g/mol. The Morgan fingerprint density at radius 2 is 1.73 bits per heavy atom. The van der Waals surface area contributed by atoms with Gasteiger partial charge in [-0.2, -0.15) is 0 Å². The molecule has 4 nitrogen and oxygen atoms in total. The number of rotatable bonds is 3. The largest absolute Gasteiger partial charge is 0.370 e. The molecule has 1 amide bonds. The van der Waals surface area contributed by atoms with E-state index in [1.807, 2.05) is 13.8 Å². The highest BCUT2D eigenvalue weighted by atomic mass is 16.1. The fourth-order valence-electron chi connectivity index (χ4n) is 0.360. The van der Waals surface area contributed by atoms with E-state index in [-0.39, 0.29) is 12.2 Å². The van der Waals surface area contributed by atoms with Gasteiger partial charge >= 0.3 is 0 Å². The molecule has 0 aliphatic rings. The zero-order valence-corrected chi connectivity index (χ0v) is 7.26. The molecule has 0 radical (unpaired) electrons.